The fourth-order valence-electron chi connectivity index (χ4n) is 1.40. The van der Waals surface area contributed by atoms with Crippen molar-refractivity contribution < 1.29 is 9.53 Å². The topological polar surface area (TPSA) is 38.3 Å². The van der Waals surface area contributed by atoms with Crippen molar-refractivity contribution in [2.75, 3.05) is 13.2 Å². The van der Waals surface area contributed by atoms with Crippen molar-refractivity contribution in [1.82, 2.24) is 5.32 Å². The Hall–Kier alpha value is -1.51. The van der Waals surface area contributed by atoms with Crippen molar-refractivity contribution in [1.29, 1.82) is 0 Å². The van der Waals surface area contributed by atoms with Crippen LogP contribution in [0.25, 0.3) is 0 Å². The van der Waals surface area contributed by atoms with Gasteiger partial charge in [0.15, 0.2) is 0 Å². The minimum atomic E-state index is 0.0350. The van der Waals surface area contributed by atoms with Crippen molar-refractivity contribution in [2.45, 2.75) is 27.2 Å². The zero-order valence-electron chi connectivity index (χ0n) is 10.2. The first-order valence-corrected chi connectivity index (χ1v) is 5.60. The van der Waals surface area contributed by atoms with Crippen LogP contribution in [0.5, 0.6) is 5.75 Å². The highest BCUT2D eigenvalue weighted by molar-refractivity contribution is 5.75. The zero-order valence-corrected chi connectivity index (χ0v) is 10.2. The molecule has 3 nitrogen and oxygen atoms in total. The van der Waals surface area contributed by atoms with Crippen molar-refractivity contribution in [3.05, 3.63) is 29.3 Å². The van der Waals surface area contributed by atoms with Gasteiger partial charge in [-0.25, -0.2) is 0 Å². The molecule has 16 heavy (non-hydrogen) atoms. The Morgan fingerprint density at radius 3 is 2.81 bits per heavy atom. The van der Waals surface area contributed by atoms with E-state index in [0.29, 0.717) is 19.6 Å². The third kappa shape index (κ3) is 3.93. The molecule has 1 amide bonds. The van der Waals surface area contributed by atoms with Gasteiger partial charge in [0.1, 0.15) is 5.75 Å². The molecular formula is C13H19NO2. The van der Waals surface area contributed by atoms with Crippen LogP contribution in [-0.2, 0) is 4.79 Å². The predicted octanol–water partition coefficient (Wildman–Crippen LogP) is 2.21. The molecule has 0 aliphatic rings. The molecule has 0 atom stereocenters. The summed E-state index contributed by atoms with van der Waals surface area (Å²) in [6.45, 7) is 7.03. The summed E-state index contributed by atoms with van der Waals surface area (Å²) in [5.74, 6) is 0.900. The van der Waals surface area contributed by atoms with E-state index >= 15 is 0 Å². The molecule has 0 spiro atoms. The van der Waals surface area contributed by atoms with Crippen LogP contribution in [0.3, 0.4) is 0 Å². The summed E-state index contributed by atoms with van der Waals surface area (Å²) in [6.07, 6.45) is 0.404. The second-order valence-electron chi connectivity index (χ2n) is 3.82. The van der Waals surface area contributed by atoms with E-state index in [2.05, 4.69) is 5.32 Å². The van der Waals surface area contributed by atoms with Gasteiger partial charge in [0.2, 0.25) is 5.91 Å². The molecular weight excluding hydrogens is 202 g/mol. The molecule has 88 valence electrons. The lowest BCUT2D eigenvalue weighted by Gasteiger charge is -2.09. The van der Waals surface area contributed by atoms with E-state index in [-0.39, 0.29) is 5.91 Å². The second kappa shape index (κ2) is 6.16. The molecule has 0 heterocycles. The maximum atomic E-state index is 11.2. The van der Waals surface area contributed by atoms with Gasteiger partial charge in [-0.15, -0.1) is 0 Å². The first-order chi connectivity index (χ1) is 7.63. The molecule has 0 aliphatic carbocycles. The second-order valence-corrected chi connectivity index (χ2v) is 3.82. The monoisotopic (exact) mass is 221 g/mol. The van der Waals surface area contributed by atoms with Crippen molar-refractivity contribution in [3.8, 4) is 5.75 Å². The van der Waals surface area contributed by atoms with Crippen LogP contribution in [0.1, 0.15) is 24.5 Å². The van der Waals surface area contributed by atoms with E-state index in [0.717, 1.165) is 11.3 Å². The molecule has 0 aliphatic heterocycles. The first kappa shape index (κ1) is 12.6. The van der Waals surface area contributed by atoms with Gasteiger partial charge in [-0.05, 0) is 38.0 Å². The molecule has 0 unspecified atom stereocenters. The third-order valence-electron chi connectivity index (χ3n) is 2.30. The molecule has 1 N–H and O–H groups in total. The highest BCUT2D eigenvalue weighted by Crippen LogP contribution is 2.18. The molecule has 1 aromatic rings. The number of amides is 1. The van der Waals surface area contributed by atoms with Gasteiger partial charge in [-0.3, -0.25) is 4.79 Å². The highest BCUT2D eigenvalue weighted by Gasteiger charge is 2.02. The lowest BCUT2D eigenvalue weighted by Crippen LogP contribution is -2.24. The molecule has 0 saturated heterocycles. The van der Waals surface area contributed by atoms with Gasteiger partial charge in [0, 0.05) is 6.54 Å². The van der Waals surface area contributed by atoms with Crippen molar-refractivity contribution >= 4 is 5.91 Å². The first-order valence-electron chi connectivity index (χ1n) is 5.60. The minimum Gasteiger partial charge on any atom is -0.493 e. The standard InChI is InChI=1S/C13H19NO2/c1-4-14-13(15)7-8-16-12-9-10(2)5-6-11(12)3/h5-6,9H,4,7-8H2,1-3H3,(H,14,15). The molecule has 0 fully saturated rings. The molecule has 0 radical (unpaired) electrons. The number of rotatable bonds is 5. The van der Waals surface area contributed by atoms with Crippen LogP contribution in [0.15, 0.2) is 18.2 Å². The Kier molecular flexibility index (Phi) is 4.83. The lowest BCUT2D eigenvalue weighted by atomic mass is 10.1. The minimum absolute atomic E-state index is 0.0350. The van der Waals surface area contributed by atoms with Crippen LogP contribution < -0.4 is 10.1 Å². The number of ether oxygens (including phenoxy) is 1. The Morgan fingerprint density at radius 1 is 1.38 bits per heavy atom. The zero-order chi connectivity index (χ0) is 12.0. The predicted molar refractivity (Wildman–Crippen MR) is 64.7 cm³/mol. The number of benzene rings is 1. The number of carbonyl (C=O) groups excluding carboxylic acids is 1. The van der Waals surface area contributed by atoms with Crippen LogP contribution in [0, 0.1) is 13.8 Å². The fourth-order valence-corrected chi connectivity index (χ4v) is 1.40. The van der Waals surface area contributed by atoms with E-state index in [1.807, 2.05) is 39.0 Å². The van der Waals surface area contributed by atoms with Gasteiger partial charge in [-0.1, -0.05) is 12.1 Å². The molecule has 0 saturated carbocycles. The number of hydrogen-bond acceptors (Lipinski definition) is 2. The lowest BCUT2D eigenvalue weighted by molar-refractivity contribution is -0.121. The number of carbonyl (C=O) groups is 1. The van der Waals surface area contributed by atoms with E-state index in [1.54, 1.807) is 0 Å². The summed E-state index contributed by atoms with van der Waals surface area (Å²) in [5, 5.41) is 2.74. The van der Waals surface area contributed by atoms with Gasteiger partial charge < -0.3 is 10.1 Å². The molecule has 1 rings (SSSR count). The van der Waals surface area contributed by atoms with Crippen LogP contribution in [0.2, 0.25) is 0 Å². The summed E-state index contributed by atoms with van der Waals surface area (Å²) in [7, 11) is 0. The van der Waals surface area contributed by atoms with E-state index in [9.17, 15) is 4.79 Å². The van der Waals surface area contributed by atoms with Crippen LogP contribution in [-0.4, -0.2) is 19.1 Å². The maximum absolute atomic E-state index is 11.2. The van der Waals surface area contributed by atoms with Crippen molar-refractivity contribution in [3.63, 3.8) is 0 Å². The Bertz CT molecular complexity index is 361. The van der Waals surface area contributed by atoms with Gasteiger partial charge in [0.25, 0.3) is 0 Å². The molecule has 3 heteroatoms. The largest absolute Gasteiger partial charge is 0.493 e. The Morgan fingerprint density at radius 2 is 2.12 bits per heavy atom. The number of hydrogen-bond donors (Lipinski definition) is 1. The maximum Gasteiger partial charge on any atom is 0.223 e. The molecule has 0 aromatic heterocycles. The average molecular weight is 221 g/mol. The fraction of sp³-hybridized carbons (Fsp3) is 0.462. The summed E-state index contributed by atoms with van der Waals surface area (Å²) in [6, 6.07) is 6.07. The van der Waals surface area contributed by atoms with E-state index in [1.165, 1.54) is 5.56 Å². The Balaban J connectivity index is 2.42. The normalized spacial score (nSPS) is 9.94. The average Bonchev–Trinajstić information content (AvgIpc) is 2.23. The smallest absolute Gasteiger partial charge is 0.223 e. The van der Waals surface area contributed by atoms with Crippen LogP contribution in [0.4, 0.5) is 0 Å². The molecule has 1 aromatic carbocycles. The van der Waals surface area contributed by atoms with Crippen molar-refractivity contribution in [2.24, 2.45) is 0 Å². The van der Waals surface area contributed by atoms with Gasteiger partial charge in [0.05, 0.1) is 13.0 Å². The van der Waals surface area contributed by atoms with E-state index < -0.39 is 0 Å². The number of aryl methyl sites for hydroxylation is 2. The Labute approximate surface area is 96.8 Å². The third-order valence-corrected chi connectivity index (χ3v) is 2.30. The van der Waals surface area contributed by atoms with Gasteiger partial charge in [-0.2, -0.15) is 0 Å². The summed E-state index contributed by atoms with van der Waals surface area (Å²) in [5.41, 5.74) is 2.26. The SMILES string of the molecule is CCNC(=O)CCOc1cc(C)ccc1C. The highest BCUT2D eigenvalue weighted by atomic mass is 16.5. The summed E-state index contributed by atoms with van der Waals surface area (Å²) < 4.78 is 5.57. The van der Waals surface area contributed by atoms with Crippen LogP contribution >= 0.6 is 0 Å². The quantitative estimate of drug-likeness (QED) is 0.827. The number of nitrogens with one attached hydrogen (secondary N) is 1. The molecule has 0 bridgehead atoms. The summed E-state index contributed by atoms with van der Waals surface area (Å²) in [4.78, 5) is 11.2. The van der Waals surface area contributed by atoms with E-state index in [4.69, 9.17) is 4.74 Å². The summed E-state index contributed by atoms with van der Waals surface area (Å²) >= 11 is 0. The van der Waals surface area contributed by atoms with Gasteiger partial charge >= 0.3 is 0 Å².